The molecule has 0 aliphatic heterocycles. The summed E-state index contributed by atoms with van der Waals surface area (Å²) < 4.78 is 0. The molecule has 4 heteroatoms. The lowest BCUT2D eigenvalue weighted by Crippen LogP contribution is -2.32. The van der Waals surface area contributed by atoms with Crippen LogP contribution in [0.5, 0.6) is 0 Å². The van der Waals surface area contributed by atoms with E-state index in [1.807, 2.05) is 60.7 Å². The smallest absolute Gasteiger partial charge is 0.222 e. The van der Waals surface area contributed by atoms with Crippen molar-refractivity contribution in [2.45, 2.75) is 18.5 Å². The summed E-state index contributed by atoms with van der Waals surface area (Å²) in [6.07, 6.45) is 0.188. The van der Waals surface area contributed by atoms with E-state index in [4.69, 9.17) is 5.73 Å². The lowest BCUT2D eigenvalue weighted by Gasteiger charge is -2.18. The first-order chi connectivity index (χ1) is 10.2. The molecule has 1 unspecified atom stereocenters. The molecule has 0 bridgehead atoms. The van der Waals surface area contributed by atoms with Crippen LogP contribution in [-0.2, 0) is 4.79 Å². The molecule has 0 saturated carbocycles. The topological polar surface area (TPSA) is 75.4 Å². The van der Waals surface area contributed by atoms with Crippen molar-refractivity contribution in [1.82, 2.24) is 5.32 Å². The fourth-order valence-corrected chi connectivity index (χ4v) is 2.19. The predicted octanol–water partition coefficient (Wildman–Crippen LogP) is 1.93. The van der Waals surface area contributed by atoms with Gasteiger partial charge in [-0.3, -0.25) is 4.79 Å². The molecule has 110 valence electrons. The number of nitrogens with two attached hydrogens (primary N) is 1. The number of nitrogens with one attached hydrogen (secondary N) is 1. The highest BCUT2D eigenvalue weighted by Gasteiger charge is 2.16. The maximum absolute atomic E-state index is 12.1. The van der Waals surface area contributed by atoms with E-state index in [1.54, 1.807) is 0 Å². The van der Waals surface area contributed by atoms with Gasteiger partial charge >= 0.3 is 0 Å². The Morgan fingerprint density at radius 3 is 2.05 bits per heavy atom. The van der Waals surface area contributed by atoms with Crippen LogP contribution in [-0.4, -0.2) is 17.6 Å². The Labute approximate surface area is 124 Å². The summed E-state index contributed by atoms with van der Waals surface area (Å²) in [7, 11) is 0. The molecule has 1 amide bonds. The van der Waals surface area contributed by atoms with Crippen molar-refractivity contribution in [2.75, 3.05) is 6.61 Å². The van der Waals surface area contributed by atoms with Gasteiger partial charge in [0.1, 0.15) is 0 Å². The molecule has 2 aromatic rings. The minimum Gasteiger partial charge on any atom is -0.394 e. The second kappa shape index (κ2) is 7.57. The SMILES string of the molecule is NC(CC(=O)N[C@@H](CO)c1ccccc1)c1ccccc1. The predicted molar refractivity (Wildman–Crippen MR) is 82.4 cm³/mol. The average molecular weight is 284 g/mol. The van der Waals surface area contributed by atoms with Gasteiger partial charge in [-0.2, -0.15) is 0 Å². The van der Waals surface area contributed by atoms with Crippen LogP contribution in [0.3, 0.4) is 0 Å². The molecule has 2 rings (SSSR count). The van der Waals surface area contributed by atoms with Gasteiger partial charge in [-0.05, 0) is 11.1 Å². The Morgan fingerprint density at radius 2 is 1.52 bits per heavy atom. The zero-order chi connectivity index (χ0) is 15.1. The van der Waals surface area contributed by atoms with Crippen LogP contribution in [0.25, 0.3) is 0 Å². The molecule has 21 heavy (non-hydrogen) atoms. The summed E-state index contributed by atoms with van der Waals surface area (Å²) in [4.78, 5) is 12.1. The summed E-state index contributed by atoms with van der Waals surface area (Å²) >= 11 is 0. The highest BCUT2D eigenvalue weighted by Crippen LogP contribution is 2.15. The number of amides is 1. The largest absolute Gasteiger partial charge is 0.394 e. The molecule has 0 radical (unpaired) electrons. The molecule has 2 aromatic carbocycles. The molecule has 4 N–H and O–H groups in total. The normalized spacial score (nSPS) is 13.4. The Bertz CT molecular complexity index is 558. The van der Waals surface area contributed by atoms with Crippen LogP contribution in [0.2, 0.25) is 0 Å². The van der Waals surface area contributed by atoms with Crippen LogP contribution >= 0.6 is 0 Å². The standard InChI is InChI=1S/C17H20N2O2/c18-15(13-7-3-1-4-8-13)11-17(21)19-16(12-20)14-9-5-2-6-10-14/h1-10,15-16,20H,11-12,18H2,(H,19,21)/t15?,16-/m0/s1. The second-order valence-corrected chi connectivity index (χ2v) is 4.93. The van der Waals surface area contributed by atoms with Crippen LogP contribution in [0.1, 0.15) is 29.6 Å². The number of hydrogen-bond acceptors (Lipinski definition) is 3. The van der Waals surface area contributed by atoms with Crippen LogP contribution in [0.4, 0.5) is 0 Å². The Balaban J connectivity index is 1.94. The average Bonchev–Trinajstić information content (AvgIpc) is 2.54. The molecule has 0 aliphatic rings. The van der Waals surface area contributed by atoms with Gasteiger partial charge in [-0.25, -0.2) is 0 Å². The number of aliphatic hydroxyl groups excluding tert-OH is 1. The summed E-state index contributed by atoms with van der Waals surface area (Å²) in [6, 6.07) is 18.1. The van der Waals surface area contributed by atoms with Gasteiger partial charge in [0.15, 0.2) is 0 Å². The number of rotatable bonds is 6. The van der Waals surface area contributed by atoms with E-state index in [2.05, 4.69) is 5.32 Å². The van der Waals surface area contributed by atoms with Gasteiger partial charge in [0.25, 0.3) is 0 Å². The Kier molecular flexibility index (Phi) is 5.49. The molecule has 4 nitrogen and oxygen atoms in total. The summed E-state index contributed by atoms with van der Waals surface area (Å²) in [5, 5.41) is 12.2. The maximum Gasteiger partial charge on any atom is 0.222 e. The van der Waals surface area contributed by atoms with Crippen LogP contribution in [0, 0.1) is 0 Å². The first kappa shape index (κ1) is 15.2. The van der Waals surface area contributed by atoms with Crippen molar-refractivity contribution in [3.8, 4) is 0 Å². The Hall–Kier alpha value is -2.17. The highest BCUT2D eigenvalue weighted by atomic mass is 16.3. The zero-order valence-electron chi connectivity index (χ0n) is 11.8. The van der Waals surface area contributed by atoms with E-state index < -0.39 is 6.04 Å². The molecule has 0 aliphatic carbocycles. The van der Waals surface area contributed by atoms with Gasteiger partial charge in [0.05, 0.1) is 12.6 Å². The molecule has 0 saturated heterocycles. The summed E-state index contributed by atoms with van der Waals surface area (Å²) in [6.45, 7) is -0.143. The Morgan fingerprint density at radius 1 is 1.00 bits per heavy atom. The van der Waals surface area contributed by atoms with E-state index >= 15 is 0 Å². The van der Waals surface area contributed by atoms with Crippen molar-refractivity contribution in [3.05, 3.63) is 71.8 Å². The molecular formula is C17H20N2O2. The van der Waals surface area contributed by atoms with E-state index in [1.165, 1.54) is 0 Å². The minimum absolute atomic E-state index is 0.143. The third-order valence-corrected chi connectivity index (χ3v) is 3.35. The lowest BCUT2D eigenvalue weighted by molar-refractivity contribution is -0.122. The lowest BCUT2D eigenvalue weighted by atomic mass is 10.0. The molecule has 0 heterocycles. The van der Waals surface area contributed by atoms with E-state index in [0.717, 1.165) is 11.1 Å². The van der Waals surface area contributed by atoms with E-state index in [0.29, 0.717) is 0 Å². The van der Waals surface area contributed by atoms with Gasteiger partial charge in [-0.15, -0.1) is 0 Å². The van der Waals surface area contributed by atoms with Crippen LogP contribution in [0.15, 0.2) is 60.7 Å². The minimum atomic E-state index is -0.401. The second-order valence-electron chi connectivity index (χ2n) is 4.93. The van der Waals surface area contributed by atoms with Gasteiger partial charge in [0.2, 0.25) is 5.91 Å². The fourth-order valence-electron chi connectivity index (χ4n) is 2.19. The fraction of sp³-hybridized carbons (Fsp3) is 0.235. The van der Waals surface area contributed by atoms with Crippen molar-refractivity contribution in [2.24, 2.45) is 5.73 Å². The molecule has 2 atom stereocenters. The zero-order valence-corrected chi connectivity index (χ0v) is 11.8. The van der Waals surface area contributed by atoms with Gasteiger partial charge in [0, 0.05) is 12.5 Å². The van der Waals surface area contributed by atoms with Crippen molar-refractivity contribution >= 4 is 5.91 Å². The number of carbonyl (C=O) groups excluding carboxylic acids is 1. The summed E-state index contributed by atoms with van der Waals surface area (Å²) in [5.41, 5.74) is 7.83. The maximum atomic E-state index is 12.1. The highest BCUT2D eigenvalue weighted by molar-refractivity contribution is 5.77. The first-order valence-electron chi connectivity index (χ1n) is 6.96. The number of carbonyl (C=O) groups is 1. The van der Waals surface area contributed by atoms with Crippen molar-refractivity contribution in [3.63, 3.8) is 0 Å². The quantitative estimate of drug-likeness (QED) is 0.758. The summed E-state index contributed by atoms with van der Waals surface area (Å²) in [5.74, 6) is -0.172. The molecule has 0 fully saturated rings. The van der Waals surface area contributed by atoms with Crippen molar-refractivity contribution in [1.29, 1.82) is 0 Å². The van der Waals surface area contributed by atoms with Crippen molar-refractivity contribution < 1.29 is 9.90 Å². The number of aliphatic hydroxyl groups is 1. The number of benzene rings is 2. The van der Waals surface area contributed by atoms with Gasteiger partial charge in [-0.1, -0.05) is 60.7 Å². The number of hydrogen-bond donors (Lipinski definition) is 3. The van der Waals surface area contributed by atoms with Gasteiger partial charge < -0.3 is 16.2 Å². The third-order valence-electron chi connectivity index (χ3n) is 3.35. The molecular weight excluding hydrogens is 264 g/mol. The first-order valence-corrected chi connectivity index (χ1v) is 6.96. The van der Waals surface area contributed by atoms with E-state index in [-0.39, 0.29) is 25.0 Å². The van der Waals surface area contributed by atoms with E-state index in [9.17, 15) is 9.90 Å². The molecule has 0 aromatic heterocycles. The molecule has 0 spiro atoms. The van der Waals surface area contributed by atoms with Crippen LogP contribution < -0.4 is 11.1 Å². The monoisotopic (exact) mass is 284 g/mol. The third kappa shape index (κ3) is 4.41.